The van der Waals surface area contributed by atoms with Crippen LogP contribution in [0, 0.1) is 11.3 Å². The van der Waals surface area contributed by atoms with Crippen molar-refractivity contribution in [3.8, 4) is 6.07 Å². The fourth-order valence-corrected chi connectivity index (χ4v) is 0.727. The second-order valence-electron chi connectivity index (χ2n) is 3.18. The normalized spacial score (nSPS) is 25.8. The standard InChI is InChI=1S/C6H10O3.C3H3NO2/c1(5-3-8-5)7-2-6-4-9-6;4-2-1-3(5)6/h5-6H,1-4H2;1H2,(H,5,6). The third-order valence-electron chi connectivity index (χ3n) is 1.64. The Morgan fingerprint density at radius 2 is 1.87 bits per heavy atom. The van der Waals surface area contributed by atoms with Crippen LogP contribution in [0.5, 0.6) is 0 Å². The summed E-state index contributed by atoms with van der Waals surface area (Å²) in [5.41, 5.74) is 0. The van der Waals surface area contributed by atoms with Gasteiger partial charge in [0.2, 0.25) is 0 Å². The molecule has 1 N–H and O–H groups in total. The molecule has 6 nitrogen and oxygen atoms in total. The zero-order valence-corrected chi connectivity index (χ0v) is 8.22. The van der Waals surface area contributed by atoms with E-state index in [0.717, 1.165) is 26.4 Å². The van der Waals surface area contributed by atoms with Crippen molar-refractivity contribution in [1.29, 1.82) is 5.26 Å². The summed E-state index contributed by atoms with van der Waals surface area (Å²) < 4.78 is 15.1. The molecule has 0 aromatic rings. The van der Waals surface area contributed by atoms with E-state index in [1.807, 2.05) is 0 Å². The third-order valence-corrected chi connectivity index (χ3v) is 1.64. The summed E-state index contributed by atoms with van der Waals surface area (Å²) in [4.78, 5) is 9.38. The van der Waals surface area contributed by atoms with Gasteiger partial charge in [-0.2, -0.15) is 5.26 Å². The molecule has 15 heavy (non-hydrogen) atoms. The van der Waals surface area contributed by atoms with Gasteiger partial charge in [0.25, 0.3) is 0 Å². The molecule has 2 atom stereocenters. The lowest BCUT2D eigenvalue weighted by atomic mass is 10.5. The lowest BCUT2D eigenvalue weighted by Crippen LogP contribution is -2.06. The van der Waals surface area contributed by atoms with Crippen LogP contribution in [0.2, 0.25) is 0 Å². The highest BCUT2D eigenvalue weighted by Gasteiger charge is 2.26. The van der Waals surface area contributed by atoms with Crippen molar-refractivity contribution in [2.24, 2.45) is 0 Å². The quantitative estimate of drug-likeness (QED) is 0.637. The van der Waals surface area contributed by atoms with Crippen LogP contribution in [-0.2, 0) is 19.0 Å². The molecule has 2 fully saturated rings. The lowest BCUT2D eigenvalue weighted by Gasteiger charge is -1.95. The van der Waals surface area contributed by atoms with E-state index >= 15 is 0 Å². The summed E-state index contributed by atoms with van der Waals surface area (Å²) in [6.45, 7) is 3.26. The fraction of sp³-hybridized carbons (Fsp3) is 0.778. The second-order valence-corrected chi connectivity index (χ2v) is 3.18. The number of nitrogens with zero attached hydrogens (tertiary/aromatic N) is 1. The van der Waals surface area contributed by atoms with E-state index in [0.29, 0.717) is 12.2 Å². The first-order chi connectivity index (χ1) is 7.22. The first kappa shape index (κ1) is 11.9. The Morgan fingerprint density at radius 1 is 1.40 bits per heavy atom. The summed E-state index contributed by atoms with van der Waals surface area (Å²) in [6.07, 6.45) is 0.382. The van der Waals surface area contributed by atoms with Gasteiger partial charge in [0.05, 0.1) is 32.5 Å². The van der Waals surface area contributed by atoms with E-state index in [1.54, 1.807) is 0 Å². The summed E-state index contributed by atoms with van der Waals surface area (Å²) in [6, 6.07) is 1.47. The van der Waals surface area contributed by atoms with Crippen LogP contribution < -0.4 is 0 Å². The van der Waals surface area contributed by atoms with Crippen LogP contribution in [0.1, 0.15) is 6.42 Å². The monoisotopic (exact) mass is 215 g/mol. The molecule has 0 aromatic heterocycles. The van der Waals surface area contributed by atoms with Gasteiger partial charge >= 0.3 is 5.97 Å². The molecule has 0 aromatic carbocycles. The summed E-state index contributed by atoms with van der Waals surface area (Å²) >= 11 is 0. The third kappa shape index (κ3) is 7.88. The summed E-state index contributed by atoms with van der Waals surface area (Å²) in [5.74, 6) is -1.07. The first-order valence-corrected chi connectivity index (χ1v) is 4.62. The van der Waals surface area contributed by atoms with E-state index in [2.05, 4.69) is 0 Å². The molecule has 0 saturated carbocycles. The van der Waals surface area contributed by atoms with Crippen molar-refractivity contribution in [2.75, 3.05) is 26.4 Å². The second kappa shape index (κ2) is 6.35. The van der Waals surface area contributed by atoms with Gasteiger partial charge < -0.3 is 19.3 Å². The highest BCUT2D eigenvalue weighted by atomic mass is 16.6. The van der Waals surface area contributed by atoms with Crippen molar-refractivity contribution in [3.63, 3.8) is 0 Å². The fourth-order valence-electron chi connectivity index (χ4n) is 0.727. The van der Waals surface area contributed by atoms with Gasteiger partial charge in [0.15, 0.2) is 0 Å². The van der Waals surface area contributed by atoms with Crippen LogP contribution in [0.15, 0.2) is 0 Å². The Bertz CT molecular complexity index is 229. The smallest absolute Gasteiger partial charge is 0.317 e. The van der Waals surface area contributed by atoms with Crippen molar-refractivity contribution < 1.29 is 24.1 Å². The highest BCUT2D eigenvalue weighted by Crippen LogP contribution is 2.12. The molecule has 2 heterocycles. The van der Waals surface area contributed by atoms with Gasteiger partial charge in [-0.25, -0.2) is 0 Å². The minimum atomic E-state index is -1.07. The number of hydrogen-bond acceptors (Lipinski definition) is 5. The van der Waals surface area contributed by atoms with Gasteiger partial charge in [-0.1, -0.05) is 0 Å². The number of nitriles is 1. The molecule has 84 valence electrons. The van der Waals surface area contributed by atoms with Crippen LogP contribution in [0.25, 0.3) is 0 Å². The van der Waals surface area contributed by atoms with Gasteiger partial charge in [0.1, 0.15) is 18.6 Å². The van der Waals surface area contributed by atoms with Crippen molar-refractivity contribution in [1.82, 2.24) is 0 Å². The van der Waals surface area contributed by atoms with Crippen molar-refractivity contribution >= 4 is 5.97 Å². The highest BCUT2D eigenvalue weighted by molar-refractivity contribution is 5.69. The SMILES string of the molecule is C(OCC1CO1)C1CO1.N#CCC(=O)O. The Kier molecular flexibility index (Phi) is 5.04. The maximum absolute atomic E-state index is 9.38. The summed E-state index contributed by atoms with van der Waals surface area (Å²) in [5, 5.41) is 15.3. The van der Waals surface area contributed by atoms with Crippen molar-refractivity contribution in [3.05, 3.63) is 0 Å². The minimum absolute atomic E-state index is 0.392. The molecular formula is C9H13NO5. The van der Waals surface area contributed by atoms with Crippen LogP contribution in [0.3, 0.4) is 0 Å². The molecule has 0 aliphatic carbocycles. The maximum Gasteiger partial charge on any atom is 0.317 e. The maximum atomic E-state index is 9.38. The van der Waals surface area contributed by atoms with Crippen LogP contribution >= 0.6 is 0 Å². The average Bonchev–Trinajstić information content (AvgIpc) is 2.99. The Labute approximate surface area is 87.3 Å². The molecule has 2 aliphatic rings. The molecule has 0 amide bonds. The number of carbonyl (C=O) groups is 1. The number of epoxide rings is 2. The zero-order chi connectivity index (χ0) is 11.1. The van der Waals surface area contributed by atoms with E-state index in [-0.39, 0.29) is 0 Å². The van der Waals surface area contributed by atoms with Crippen LogP contribution in [-0.4, -0.2) is 49.7 Å². The van der Waals surface area contributed by atoms with Gasteiger partial charge in [-0.05, 0) is 0 Å². The number of carboxylic acid groups (broad SMARTS) is 1. The molecule has 2 saturated heterocycles. The summed E-state index contributed by atoms with van der Waals surface area (Å²) in [7, 11) is 0. The predicted molar refractivity (Wildman–Crippen MR) is 48.2 cm³/mol. The molecule has 0 spiro atoms. The van der Waals surface area contributed by atoms with Crippen LogP contribution in [0.4, 0.5) is 0 Å². The van der Waals surface area contributed by atoms with E-state index in [4.69, 9.17) is 24.6 Å². The number of rotatable bonds is 5. The molecule has 2 unspecified atom stereocenters. The zero-order valence-electron chi connectivity index (χ0n) is 8.22. The number of ether oxygens (including phenoxy) is 3. The van der Waals surface area contributed by atoms with E-state index in [1.165, 1.54) is 6.07 Å². The molecule has 2 aliphatic heterocycles. The van der Waals surface area contributed by atoms with Gasteiger partial charge in [0, 0.05) is 0 Å². The van der Waals surface area contributed by atoms with Gasteiger partial charge in [-0.15, -0.1) is 0 Å². The topological polar surface area (TPSA) is 95.4 Å². The molecular weight excluding hydrogens is 202 g/mol. The number of aliphatic carboxylic acids is 1. The Morgan fingerprint density at radius 3 is 2.07 bits per heavy atom. The molecule has 0 radical (unpaired) electrons. The average molecular weight is 215 g/mol. The molecule has 2 rings (SSSR count). The predicted octanol–water partition coefficient (Wildman–Crippen LogP) is -0.215. The molecule has 0 bridgehead atoms. The largest absolute Gasteiger partial charge is 0.480 e. The Balaban J connectivity index is 0.000000167. The van der Waals surface area contributed by atoms with Crippen molar-refractivity contribution in [2.45, 2.75) is 18.6 Å². The first-order valence-electron chi connectivity index (χ1n) is 4.62. The Hall–Kier alpha value is -1.16. The minimum Gasteiger partial charge on any atom is -0.480 e. The van der Waals surface area contributed by atoms with E-state index in [9.17, 15) is 4.79 Å². The number of carboxylic acids is 1. The lowest BCUT2D eigenvalue weighted by molar-refractivity contribution is -0.135. The van der Waals surface area contributed by atoms with Gasteiger partial charge in [-0.3, -0.25) is 4.79 Å². The number of hydrogen-bond donors (Lipinski definition) is 1. The van der Waals surface area contributed by atoms with E-state index < -0.39 is 12.4 Å². The molecule has 6 heteroatoms.